The number of aromatic nitrogens is 1. The van der Waals surface area contributed by atoms with Gasteiger partial charge in [0, 0.05) is 17.1 Å². The van der Waals surface area contributed by atoms with Crippen LogP contribution in [0.15, 0.2) is 65.1 Å². The number of hydrogen-bond donors (Lipinski definition) is 1. The van der Waals surface area contributed by atoms with Crippen LogP contribution in [0.2, 0.25) is 10.0 Å². The van der Waals surface area contributed by atoms with Crippen molar-refractivity contribution in [1.29, 1.82) is 0 Å². The van der Waals surface area contributed by atoms with Gasteiger partial charge < -0.3 is 14.5 Å². The van der Waals surface area contributed by atoms with Crippen molar-refractivity contribution < 1.29 is 13.9 Å². The summed E-state index contributed by atoms with van der Waals surface area (Å²) in [4.78, 5) is 16.7. The van der Waals surface area contributed by atoms with Crippen molar-refractivity contribution in [2.75, 3.05) is 11.9 Å². The van der Waals surface area contributed by atoms with Crippen molar-refractivity contribution in [1.82, 2.24) is 4.98 Å². The summed E-state index contributed by atoms with van der Waals surface area (Å²) in [7, 11) is 0. The Morgan fingerprint density at radius 1 is 1.10 bits per heavy atom. The molecule has 0 radical (unpaired) electrons. The van der Waals surface area contributed by atoms with E-state index in [1.165, 1.54) is 0 Å². The van der Waals surface area contributed by atoms with Crippen LogP contribution < -0.4 is 10.1 Å². The lowest BCUT2D eigenvalue weighted by Gasteiger charge is -2.12. The number of ether oxygens (including phenoxy) is 1. The predicted octanol–water partition coefficient (Wildman–Crippen LogP) is 6.05. The van der Waals surface area contributed by atoms with Crippen LogP contribution in [0.5, 0.6) is 5.75 Å². The number of nitrogens with zero attached hydrogens (tertiary/aromatic N) is 1. The zero-order chi connectivity index (χ0) is 21.1. The SMILES string of the molecule is Cc1cc(Cl)cc(Cl)c1OCC(=O)Nc1ccc(Cc2nc3ccccc3o2)cc1. The summed E-state index contributed by atoms with van der Waals surface area (Å²) in [6.45, 7) is 1.66. The smallest absolute Gasteiger partial charge is 0.262 e. The number of rotatable bonds is 6. The molecule has 7 heteroatoms. The highest BCUT2D eigenvalue weighted by molar-refractivity contribution is 6.35. The van der Waals surface area contributed by atoms with Gasteiger partial charge in [0.25, 0.3) is 5.91 Å². The molecule has 1 N–H and O–H groups in total. The van der Waals surface area contributed by atoms with Gasteiger partial charge in [0.15, 0.2) is 18.1 Å². The molecule has 3 aromatic carbocycles. The molecule has 0 saturated carbocycles. The molecule has 0 atom stereocenters. The molecule has 0 bridgehead atoms. The maximum atomic E-state index is 12.2. The quantitative estimate of drug-likeness (QED) is 0.396. The summed E-state index contributed by atoms with van der Waals surface area (Å²) in [5.41, 5.74) is 4.08. The number of aryl methyl sites for hydroxylation is 1. The molecular weight excluding hydrogens is 423 g/mol. The minimum absolute atomic E-state index is 0.160. The van der Waals surface area contributed by atoms with E-state index in [1.807, 2.05) is 55.5 Å². The molecule has 1 aromatic heterocycles. The highest BCUT2D eigenvalue weighted by Gasteiger charge is 2.11. The van der Waals surface area contributed by atoms with E-state index in [9.17, 15) is 4.79 Å². The molecule has 0 unspecified atom stereocenters. The largest absolute Gasteiger partial charge is 0.482 e. The Kier molecular flexibility index (Phi) is 5.93. The third-order valence-corrected chi connectivity index (χ3v) is 4.97. The summed E-state index contributed by atoms with van der Waals surface area (Å²) < 4.78 is 11.3. The van der Waals surface area contributed by atoms with Gasteiger partial charge in [-0.2, -0.15) is 0 Å². The van der Waals surface area contributed by atoms with Crippen molar-refractivity contribution in [2.45, 2.75) is 13.3 Å². The van der Waals surface area contributed by atoms with Crippen LogP contribution in [-0.4, -0.2) is 17.5 Å². The molecule has 1 amide bonds. The number of anilines is 1. The molecule has 0 aliphatic heterocycles. The van der Waals surface area contributed by atoms with E-state index in [4.69, 9.17) is 32.4 Å². The van der Waals surface area contributed by atoms with E-state index in [2.05, 4.69) is 10.3 Å². The van der Waals surface area contributed by atoms with Gasteiger partial charge in [-0.05, 0) is 54.4 Å². The Hall–Kier alpha value is -3.02. The van der Waals surface area contributed by atoms with Gasteiger partial charge in [-0.1, -0.05) is 47.5 Å². The monoisotopic (exact) mass is 440 g/mol. The van der Waals surface area contributed by atoms with E-state index in [-0.39, 0.29) is 12.5 Å². The van der Waals surface area contributed by atoms with Gasteiger partial charge in [-0.25, -0.2) is 4.98 Å². The van der Waals surface area contributed by atoms with Crippen LogP contribution >= 0.6 is 23.2 Å². The first kappa shape index (κ1) is 20.3. The molecule has 0 aliphatic carbocycles. The van der Waals surface area contributed by atoms with Gasteiger partial charge in [0.2, 0.25) is 0 Å². The minimum atomic E-state index is -0.285. The van der Waals surface area contributed by atoms with Crippen molar-refractivity contribution >= 4 is 45.9 Å². The molecular formula is C23H18Cl2N2O3. The normalized spacial score (nSPS) is 10.9. The zero-order valence-corrected chi connectivity index (χ0v) is 17.6. The number of carbonyl (C=O) groups excluding carboxylic acids is 1. The number of nitrogens with one attached hydrogen (secondary N) is 1. The first-order chi connectivity index (χ1) is 14.5. The van der Waals surface area contributed by atoms with Crippen LogP contribution in [0.1, 0.15) is 17.0 Å². The van der Waals surface area contributed by atoms with Gasteiger partial charge in [-0.15, -0.1) is 0 Å². The van der Waals surface area contributed by atoms with E-state index < -0.39 is 0 Å². The van der Waals surface area contributed by atoms with E-state index in [0.717, 1.165) is 22.2 Å². The number of fused-ring (bicyclic) bond motifs is 1. The number of benzene rings is 3. The number of oxazole rings is 1. The molecule has 0 saturated heterocycles. The van der Waals surface area contributed by atoms with Crippen LogP contribution in [0.25, 0.3) is 11.1 Å². The number of para-hydroxylation sites is 2. The predicted molar refractivity (Wildman–Crippen MR) is 119 cm³/mol. The molecule has 4 rings (SSSR count). The molecule has 30 heavy (non-hydrogen) atoms. The van der Waals surface area contributed by atoms with Gasteiger partial charge >= 0.3 is 0 Å². The summed E-state index contributed by atoms with van der Waals surface area (Å²) in [5.74, 6) is 0.814. The third kappa shape index (κ3) is 4.75. The minimum Gasteiger partial charge on any atom is -0.482 e. The summed E-state index contributed by atoms with van der Waals surface area (Å²) in [5, 5.41) is 3.70. The molecule has 152 valence electrons. The fourth-order valence-corrected chi connectivity index (χ4v) is 3.73. The summed E-state index contributed by atoms with van der Waals surface area (Å²) in [6.07, 6.45) is 0.570. The maximum Gasteiger partial charge on any atom is 0.262 e. The Morgan fingerprint density at radius 2 is 1.87 bits per heavy atom. The average Bonchev–Trinajstić information content (AvgIpc) is 3.11. The van der Waals surface area contributed by atoms with Crippen molar-refractivity contribution in [2.24, 2.45) is 0 Å². The molecule has 0 fully saturated rings. The molecule has 5 nitrogen and oxygen atoms in total. The number of hydrogen-bond acceptors (Lipinski definition) is 4. The Labute approximate surface area is 183 Å². The zero-order valence-electron chi connectivity index (χ0n) is 16.1. The van der Waals surface area contributed by atoms with Gasteiger partial charge in [-0.3, -0.25) is 4.79 Å². The third-order valence-electron chi connectivity index (χ3n) is 4.47. The van der Waals surface area contributed by atoms with Crippen molar-refractivity contribution in [3.8, 4) is 5.75 Å². The second-order valence-corrected chi connectivity index (χ2v) is 7.66. The lowest BCUT2D eigenvalue weighted by atomic mass is 10.1. The maximum absolute atomic E-state index is 12.2. The fourth-order valence-electron chi connectivity index (χ4n) is 3.08. The van der Waals surface area contributed by atoms with Gasteiger partial charge in [0.1, 0.15) is 11.3 Å². The number of halogens is 2. The number of carbonyl (C=O) groups is 1. The van der Waals surface area contributed by atoms with E-state index in [0.29, 0.717) is 33.8 Å². The van der Waals surface area contributed by atoms with Crippen molar-refractivity contribution in [3.63, 3.8) is 0 Å². The Balaban J connectivity index is 1.34. The lowest BCUT2D eigenvalue weighted by molar-refractivity contribution is -0.118. The van der Waals surface area contributed by atoms with E-state index >= 15 is 0 Å². The average molecular weight is 441 g/mol. The second kappa shape index (κ2) is 8.78. The fraction of sp³-hybridized carbons (Fsp3) is 0.130. The Morgan fingerprint density at radius 3 is 2.60 bits per heavy atom. The first-order valence-corrected chi connectivity index (χ1v) is 10.1. The van der Waals surface area contributed by atoms with Crippen LogP contribution in [0, 0.1) is 6.92 Å². The number of amides is 1. The topological polar surface area (TPSA) is 64.4 Å². The van der Waals surface area contributed by atoms with Crippen LogP contribution in [0.3, 0.4) is 0 Å². The summed E-state index contributed by atoms with van der Waals surface area (Å²) >= 11 is 12.1. The van der Waals surface area contributed by atoms with Gasteiger partial charge in [0.05, 0.1) is 5.02 Å². The molecule has 4 aromatic rings. The van der Waals surface area contributed by atoms with Crippen molar-refractivity contribution in [3.05, 3.63) is 87.7 Å². The molecule has 1 heterocycles. The Bertz CT molecular complexity index is 1150. The molecule has 0 aliphatic rings. The van der Waals surface area contributed by atoms with E-state index in [1.54, 1.807) is 12.1 Å². The second-order valence-electron chi connectivity index (χ2n) is 6.82. The van der Waals surface area contributed by atoms with Crippen LogP contribution in [-0.2, 0) is 11.2 Å². The highest BCUT2D eigenvalue weighted by Crippen LogP contribution is 2.31. The molecule has 0 spiro atoms. The van der Waals surface area contributed by atoms with Crippen LogP contribution in [0.4, 0.5) is 5.69 Å². The highest BCUT2D eigenvalue weighted by atomic mass is 35.5. The lowest BCUT2D eigenvalue weighted by Crippen LogP contribution is -2.20. The first-order valence-electron chi connectivity index (χ1n) is 9.29. The summed E-state index contributed by atoms with van der Waals surface area (Å²) in [6, 6.07) is 18.5. The standard InChI is InChI=1S/C23H18Cl2N2O3/c1-14-10-16(24)12-18(25)23(14)29-13-21(28)26-17-8-6-15(7-9-17)11-22-27-19-4-2-3-5-20(19)30-22/h2-10,12H,11,13H2,1H3,(H,26,28).